The van der Waals surface area contributed by atoms with Gasteiger partial charge in [0.2, 0.25) is 5.56 Å². The Bertz CT molecular complexity index is 1000. The lowest BCUT2D eigenvalue weighted by molar-refractivity contribution is 0.180. The minimum absolute atomic E-state index is 0.00987. The van der Waals surface area contributed by atoms with Gasteiger partial charge in [-0.2, -0.15) is 0 Å². The SMILES string of the molecule is CN1[C@@H]2CC[C@H]1CC(S(=O)(=O)c1c(Cl)cc3[nH]c(=O)ccc3c1Cl)C2. The molecule has 0 saturated carbocycles. The van der Waals surface area contributed by atoms with Crippen LogP contribution < -0.4 is 5.56 Å². The molecule has 1 aromatic heterocycles. The van der Waals surface area contributed by atoms with Gasteiger partial charge in [0.25, 0.3) is 0 Å². The lowest BCUT2D eigenvalue weighted by atomic mass is 10.0. The van der Waals surface area contributed by atoms with Gasteiger partial charge < -0.3 is 9.88 Å². The molecule has 2 fully saturated rings. The van der Waals surface area contributed by atoms with Gasteiger partial charge in [-0.15, -0.1) is 0 Å². The molecule has 0 spiro atoms. The summed E-state index contributed by atoms with van der Waals surface area (Å²) in [6, 6.07) is 4.93. The molecule has 2 aliphatic heterocycles. The minimum atomic E-state index is -3.66. The van der Waals surface area contributed by atoms with Crippen LogP contribution in [0.25, 0.3) is 10.9 Å². The Morgan fingerprint density at radius 2 is 1.80 bits per heavy atom. The highest BCUT2D eigenvalue weighted by Gasteiger charge is 2.44. The van der Waals surface area contributed by atoms with Crippen molar-refractivity contribution < 1.29 is 8.42 Å². The second-order valence-electron chi connectivity index (χ2n) is 6.97. The summed E-state index contributed by atoms with van der Waals surface area (Å²) >= 11 is 12.7. The molecule has 2 bridgehead atoms. The predicted octanol–water partition coefficient (Wildman–Crippen LogP) is 3.23. The maximum Gasteiger partial charge on any atom is 0.248 e. The van der Waals surface area contributed by atoms with Crippen LogP contribution in [-0.4, -0.2) is 42.7 Å². The van der Waals surface area contributed by atoms with Crippen molar-refractivity contribution in [3.05, 3.63) is 38.6 Å². The zero-order valence-electron chi connectivity index (χ0n) is 13.6. The number of nitrogens with zero attached hydrogens (tertiary/aromatic N) is 1. The highest BCUT2D eigenvalue weighted by molar-refractivity contribution is 7.92. The first-order chi connectivity index (χ1) is 11.8. The number of halogens is 2. The number of rotatable bonds is 2. The van der Waals surface area contributed by atoms with Gasteiger partial charge in [-0.05, 0) is 44.9 Å². The van der Waals surface area contributed by atoms with Gasteiger partial charge in [0.15, 0.2) is 9.84 Å². The number of benzene rings is 1. The fourth-order valence-electron chi connectivity index (χ4n) is 4.26. The number of H-pyrrole nitrogens is 1. The molecule has 5 nitrogen and oxygen atoms in total. The Morgan fingerprint density at radius 1 is 1.16 bits per heavy atom. The molecular formula is C17H18Cl2N2O3S. The normalized spacial score (nSPS) is 27.1. The van der Waals surface area contributed by atoms with Gasteiger partial charge in [-0.25, -0.2) is 8.42 Å². The molecule has 0 aliphatic carbocycles. The molecule has 1 N–H and O–H groups in total. The van der Waals surface area contributed by atoms with E-state index < -0.39 is 15.1 Å². The van der Waals surface area contributed by atoms with Crippen LogP contribution >= 0.6 is 23.2 Å². The summed E-state index contributed by atoms with van der Waals surface area (Å²) in [6.45, 7) is 0. The molecule has 3 atom stereocenters. The number of aromatic amines is 1. The average Bonchev–Trinajstić information content (AvgIpc) is 2.75. The molecule has 2 saturated heterocycles. The summed E-state index contributed by atoms with van der Waals surface area (Å²) in [5.41, 5.74) is 0.145. The van der Waals surface area contributed by atoms with Crippen molar-refractivity contribution in [1.82, 2.24) is 9.88 Å². The number of aromatic nitrogens is 1. The Kier molecular flexibility index (Phi) is 4.15. The fourth-order valence-corrected chi connectivity index (χ4v) is 7.40. The Morgan fingerprint density at radius 3 is 2.44 bits per heavy atom. The van der Waals surface area contributed by atoms with Crippen LogP contribution in [0.5, 0.6) is 0 Å². The highest BCUT2D eigenvalue weighted by Crippen LogP contribution is 2.43. The summed E-state index contributed by atoms with van der Waals surface area (Å²) in [4.78, 5) is 16.4. The number of hydrogen-bond donors (Lipinski definition) is 1. The number of hydrogen-bond acceptors (Lipinski definition) is 4. The van der Waals surface area contributed by atoms with Crippen LogP contribution in [0.2, 0.25) is 10.0 Å². The molecule has 0 radical (unpaired) electrons. The highest BCUT2D eigenvalue weighted by atomic mass is 35.5. The van der Waals surface area contributed by atoms with E-state index in [1.165, 1.54) is 18.2 Å². The maximum atomic E-state index is 13.3. The smallest absolute Gasteiger partial charge is 0.248 e. The van der Waals surface area contributed by atoms with Crippen molar-refractivity contribution in [3.63, 3.8) is 0 Å². The number of fused-ring (bicyclic) bond motifs is 3. The molecular weight excluding hydrogens is 383 g/mol. The van der Waals surface area contributed by atoms with Gasteiger partial charge in [-0.3, -0.25) is 4.79 Å². The average molecular weight is 401 g/mol. The third-order valence-corrected chi connectivity index (χ3v) is 8.82. The molecule has 2 aliphatic rings. The number of piperidine rings is 1. The van der Waals surface area contributed by atoms with Crippen LogP contribution in [0, 0.1) is 0 Å². The van der Waals surface area contributed by atoms with E-state index in [0.29, 0.717) is 35.8 Å². The van der Waals surface area contributed by atoms with Crippen molar-refractivity contribution >= 4 is 43.9 Å². The van der Waals surface area contributed by atoms with E-state index in [1.807, 2.05) is 0 Å². The first kappa shape index (κ1) is 17.3. The third kappa shape index (κ3) is 2.70. The minimum Gasteiger partial charge on any atom is -0.322 e. The van der Waals surface area contributed by atoms with Gasteiger partial charge in [0.1, 0.15) is 4.90 Å². The van der Waals surface area contributed by atoms with Crippen molar-refractivity contribution in [2.75, 3.05) is 7.05 Å². The quantitative estimate of drug-likeness (QED) is 0.839. The lowest BCUT2D eigenvalue weighted by Gasteiger charge is -2.36. The van der Waals surface area contributed by atoms with E-state index in [0.717, 1.165) is 12.8 Å². The van der Waals surface area contributed by atoms with Gasteiger partial charge in [0, 0.05) is 23.5 Å². The van der Waals surface area contributed by atoms with Crippen LogP contribution in [-0.2, 0) is 9.84 Å². The van der Waals surface area contributed by atoms with Crippen LogP contribution in [0.1, 0.15) is 25.7 Å². The van der Waals surface area contributed by atoms with Crippen molar-refractivity contribution in [1.29, 1.82) is 0 Å². The molecule has 134 valence electrons. The summed E-state index contributed by atoms with van der Waals surface area (Å²) in [5.74, 6) is 0. The van der Waals surface area contributed by atoms with Gasteiger partial charge in [-0.1, -0.05) is 23.2 Å². The van der Waals surface area contributed by atoms with Crippen LogP contribution in [0.3, 0.4) is 0 Å². The van der Waals surface area contributed by atoms with Gasteiger partial charge in [0.05, 0.1) is 20.8 Å². The second-order valence-corrected chi connectivity index (χ2v) is 9.92. The summed E-state index contributed by atoms with van der Waals surface area (Å²) in [7, 11) is -1.59. The van der Waals surface area contributed by atoms with Crippen LogP contribution in [0.15, 0.2) is 27.9 Å². The van der Waals surface area contributed by atoms with Crippen molar-refractivity contribution in [3.8, 4) is 0 Å². The summed E-state index contributed by atoms with van der Waals surface area (Å²) in [5, 5.41) is 0.159. The first-order valence-electron chi connectivity index (χ1n) is 8.26. The van der Waals surface area contributed by atoms with E-state index in [2.05, 4.69) is 16.9 Å². The second kappa shape index (κ2) is 5.98. The van der Waals surface area contributed by atoms with Gasteiger partial charge >= 0.3 is 0 Å². The summed E-state index contributed by atoms with van der Waals surface area (Å²) < 4.78 is 26.6. The zero-order valence-corrected chi connectivity index (χ0v) is 16.0. The van der Waals surface area contributed by atoms with E-state index in [9.17, 15) is 13.2 Å². The van der Waals surface area contributed by atoms with E-state index >= 15 is 0 Å². The largest absolute Gasteiger partial charge is 0.322 e. The molecule has 25 heavy (non-hydrogen) atoms. The van der Waals surface area contributed by atoms with E-state index in [-0.39, 0.29) is 20.5 Å². The molecule has 2 aromatic rings. The number of pyridine rings is 1. The molecule has 1 aromatic carbocycles. The fraction of sp³-hybridized carbons (Fsp3) is 0.471. The van der Waals surface area contributed by atoms with E-state index in [4.69, 9.17) is 23.2 Å². The van der Waals surface area contributed by atoms with Crippen LogP contribution in [0.4, 0.5) is 0 Å². The summed E-state index contributed by atoms with van der Waals surface area (Å²) in [6.07, 6.45) is 3.28. The molecule has 8 heteroatoms. The number of nitrogens with one attached hydrogen (secondary N) is 1. The Balaban J connectivity index is 1.83. The molecule has 3 heterocycles. The molecule has 0 amide bonds. The Hall–Kier alpha value is -1.08. The maximum absolute atomic E-state index is 13.3. The predicted molar refractivity (Wildman–Crippen MR) is 99.4 cm³/mol. The first-order valence-corrected chi connectivity index (χ1v) is 10.6. The van der Waals surface area contributed by atoms with E-state index in [1.54, 1.807) is 0 Å². The number of sulfone groups is 1. The third-order valence-electron chi connectivity index (χ3n) is 5.65. The van der Waals surface area contributed by atoms with Crippen molar-refractivity contribution in [2.45, 2.75) is 47.9 Å². The standard InChI is InChI=1S/C17H18Cl2N2O3S/c1-21-9-2-3-10(21)7-11(6-9)25(23,24)17-13(18)8-14-12(16(17)19)4-5-15(22)20-14/h4-5,8-11H,2-3,6-7H2,1H3,(H,20,22)/t9-,10+,11?. The van der Waals surface area contributed by atoms with Crippen molar-refractivity contribution in [2.24, 2.45) is 0 Å². The monoisotopic (exact) mass is 400 g/mol. The molecule has 1 unspecified atom stereocenters. The topological polar surface area (TPSA) is 70.2 Å². The lowest BCUT2D eigenvalue weighted by Crippen LogP contribution is -2.44. The Labute approximate surface area is 155 Å². The zero-order chi connectivity index (χ0) is 17.9. The molecule has 4 rings (SSSR count).